The van der Waals surface area contributed by atoms with Gasteiger partial charge in [-0.2, -0.15) is 13.2 Å². The summed E-state index contributed by atoms with van der Waals surface area (Å²) in [7, 11) is 0. The molecule has 1 aromatic heterocycles. The molecule has 0 aliphatic carbocycles. The van der Waals surface area contributed by atoms with E-state index in [1.54, 1.807) is 0 Å². The molecule has 0 unspecified atom stereocenters. The van der Waals surface area contributed by atoms with Gasteiger partial charge in [-0.3, -0.25) is 0 Å². The van der Waals surface area contributed by atoms with Crippen LogP contribution >= 0.6 is 11.3 Å². The molecular formula is C17H20F3N3S. The Labute approximate surface area is 143 Å². The summed E-state index contributed by atoms with van der Waals surface area (Å²) >= 11 is 1.02. The van der Waals surface area contributed by atoms with E-state index < -0.39 is 11.9 Å². The molecular weight excluding hydrogens is 335 g/mol. The average Bonchev–Trinajstić information content (AvgIpc) is 3.04. The van der Waals surface area contributed by atoms with Crippen LogP contribution in [-0.4, -0.2) is 35.6 Å². The Morgan fingerprint density at radius 3 is 2.50 bits per heavy atom. The lowest BCUT2D eigenvalue weighted by molar-refractivity contribution is -0.140. The second kappa shape index (κ2) is 7.53. The molecule has 1 N–H and O–H groups in total. The monoisotopic (exact) mass is 355 g/mol. The van der Waals surface area contributed by atoms with Crippen molar-refractivity contribution in [2.24, 2.45) is 0 Å². The van der Waals surface area contributed by atoms with Gasteiger partial charge in [0, 0.05) is 31.1 Å². The maximum atomic E-state index is 12.6. The fraction of sp³-hybridized carbons (Fsp3) is 0.471. The number of hydrogen-bond acceptors (Lipinski definition) is 4. The van der Waals surface area contributed by atoms with Crippen LogP contribution in [0, 0.1) is 0 Å². The molecule has 1 aliphatic heterocycles. The zero-order valence-electron chi connectivity index (χ0n) is 13.2. The molecule has 0 bridgehead atoms. The Bertz CT molecular complexity index is 634. The second-order valence-electron chi connectivity index (χ2n) is 6.03. The minimum Gasteiger partial charge on any atom is -0.359 e. The van der Waals surface area contributed by atoms with Gasteiger partial charge in [-0.1, -0.05) is 30.3 Å². The number of rotatable bonds is 5. The van der Waals surface area contributed by atoms with Crippen LogP contribution in [0.1, 0.15) is 24.1 Å². The van der Waals surface area contributed by atoms with Crippen molar-refractivity contribution in [1.29, 1.82) is 0 Å². The first kappa shape index (κ1) is 17.2. The summed E-state index contributed by atoms with van der Waals surface area (Å²) in [6, 6.07) is 10.6. The van der Waals surface area contributed by atoms with Crippen molar-refractivity contribution >= 4 is 16.5 Å². The normalized spacial score (nSPS) is 17.1. The minimum atomic E-state index is -4.36. The number of nitrogens with zero attached hydrogens (tertiary/aromatic N) is 2. The molecule has 0 amide bonds. The highest BCUT2D eigenvalue weighted by atomic mass is 32.1. The van der Waals surface area contributed by atoms with Crippen LogP contribution in [0.2, 0.25) is 0 Å². The van der Waals surface area contributed by atoms with E-state index in [4.69, 9.17) is 0 Å². The van der Waals surface area contributed by atoms with E-state index in [-0.39, 0.29) is 6.04 Å². The Morgan fingerprint density at radius 2 is 1.88 bits per heavy atom. The maximum Gasteiger partial charge on any atom is 0.434 e. The number of anilines is 1. The summed E-state index contributed by atoms with van der Waals surface area (Å²) in [6.07, 6.45) is -1.48. The lowest BCUT2D eigenvalue weighted by atomic mass is 10.0. The second-order valence-corrected chi connectivity index (χ2v) is 6.89. The fourth-order valence-corrected chi connectivity index (χ4v) is 3.67. The maximum absolute atomic E-state index is 12.6. The quantitative estimate of drug-likeness (QED) is 0.868. The number of thiazole rings is 1. The Hall–Kier alpha value is -1.60. The van der Waals surface area contributed by atoms with Gasteiger partial charge in [-0.05, 0) is 24.8 Å². The molecule has 2 heterocycles. The highest BCUT2D eigenvalue weighted by molar-refractivity contribution is 7.13. The van der Waals surface area contributed by atoms with Gasteiger partial charge in [0.2, 0.25) is 0 Å². The van der Waals surface area contributed by atoms with E-state index in [9.17, 15) is 13.2 Å². The zero-order chi connectivity index (χ0) is 17.0. The molecule has 3 nitrogen and oxygen atoms in total. The third-order valence-corrected chi connectivity index (χ3v) is 5.04. The van der Waals surface area contributed by atoms with Crippen molar-refractivity contribution in [1.82, 2.24) is 9.88 Å². The number of piperidine rings is 1. The summed E-state index contributed by atoms with van der Waals surface area (Å²) in [6.45, 7) is 2.94. The molecule has 24 heavy (non-hydrogen) atoms. The van der Waals surface area contributed by atoms with E-state index in [0.717, 1.165) is 55.6 Å². The van der Waals surface area contributed by atoms with Crippen LogP contribution in [0.25, 0.3) is 0 Å². The lowest BCUT2D eigenvalue weighted by Gasteiger charge is -2.32. The molecule has 1 fully saturated rings. The molecule has 1 aromatic carbocycles. The van der Waals surface area contributed by atoms with Crippen LogP contribution in [0.3, 0.4) is 0 Å². The number of likely N-dealkylation sites (tertiary alicyclic amines) is 1. The zero-order valence-corrected chi connectivity index (χ0v) is 14.0. The molecule has 0 radical (unpaired) electrons. The molecule has 7 heteroatoms. The summed E-state index contributed by atoms with van der Waals surface area (Å²) in [5, 5.41) is 4.58. The predicted molar refractivity (Wildman–Crippen MR) is 90.3 cm³/mol. The topological polar surface area (TPSA) is 28.2 Å². The summed E-state index contributed by atoms with van der Waals surface area (Å²) in [5.74, 6) is 0. The predicted octanol–water partition coefficient (Wildman–Crippen LogP) is 4.28. The lowest BCUT2D eigenvalue weighted by Crippen LogP contribution is -2.40. The number of nitrogens with one attached hydrogen (secondary N) is 1. The number of hydrogen-bond donors (Lipinski definition) is 1. The SMILES string of the molecule is FC(F)(F)c1csc(NC2CCN(CCc3ccccc3)CC2)n1. The van der Waals surface area contributed by atoms with Crippen LogP contribution in [0.5, 0.6) is 0 Å². The van der Waals surface area contributed by atoms with Crippen molar-refractivity contribution < 1.29 is 13.2 Å². The van der Waals surface area contributed by atoms with E-state index in [1.165, 1.54) is 5.56 Å². The van der Waals surface area contributed by atoms with Crippen LogP contribution in [0.4, 0.5) is 18.3 Å². The van der Waals surface area contributed by atoms with Gasteiger partial charge in [0.1, 0.15) is 0 Å². The van der Waals surface area contributed by atoms with Crippen molar-refractivity contribution in [3.63, 3.8) is 0 Å². The molecule has 0 saturated carbocycles. The first-order valence-electron chi connectivity index (χ1n) is 8.06. The van der Waals surface area contributed by atoms with E-state index in [1.807, 2.05) is 6.07 Å². The molecule has 1 saturated heterocycles. The number of benzene rings is 1. The Balaban J connectivity index is 1.43. The molecule has 1 aliphatic rings. The summed E-state index contributed by atoms with van der Waals surface area (Å²) < 4.78 is 37.7. The number of halogens is 3. The van der Waals surface area contributed by atoms with Gasteiger partial charge in [-0.25, -0.2) is 4.98 Å². The van der Waals surface area contributed by atoms with E-state index >= 15 is 0 Å². The van der Waals surface area contributed by atoms with Crippen LogP contribution in [-0.2, 0) is 12.6 Å². The minimum absolute atomic E-state index is 0.199. The summed E-state index contributed by atoms with van der Waals surface area (Å²) in [4.78, 5) is 6.05. The third-order valence-electron chi connectivity index (χ3n) is 4.27. The van der Waals surface area contributed by atoms with Gasteiger partial charge in [-0.15, -0.1) is 11.3 Å². The van der Waals surface area contributed by atoms with Gasteiger partial charge in [0.25, 0.3) is 0 Å². The highest BCUT2D eigenvalue weighted by Gasteiger charge is 2.34. The van der Waals surface area contributed by atoms with Gasteiger partial charge in [0.15, 0.2) is 10.8 Å². The van der Waals surface area contributed by atoms with Gasteiger partial charge >= 0.3 is 6.18 Å². The average molecular weight is 355 g/mol. The smallest absolute Gasteiger partial charge is 0.359 e. The largest absolute Gasteiger partial charge is 0.434 e. The van der Waals surface area contributed by atoms with E-state index in [0.29, 0.717) is 5.13 Å². The number of aromatic nitrogens is 1. The van der Waals surface area contributed by atoms with Gasteiger partial charge in [0.05, 0.1) is 0 Å². The number of alkyl halides is 3. The van der Waals surface area contributed by atoms with Crippen LogP contribution in [0.15, 0.2) is 35.7 Å². The standard InChI is InChI=1S/C17H20F3N3S/c18-17(19,20)15-12-24-16(22-15)21-14-7-10-23(11-8-14)9-6-13-4-2-1-3-5-13/h1-5,12,14H,6-11H2,(H,21,22). The Morgan fingerprint density at radius 1 is 1.17 bits per heavy atom. The first-order valence-corrected chi connectivity index (χ1v) is 8.94. The first-order chi connectivity index (χ1) is 11.5. The molecule has 2 aromatic rings. The van der Waals surface area contributed by atoms with Crippen LogP contribution < -0.4 is 5.32 Å². The fourth-order valence-electron chi connectivity index (χ4n) is 2.88. The third kappa shape index (κ3) is 4.70. The molecule has 0 spiro atoms. The molecule has 0 atom stereocenters. The van der Waals surface area contributed by atoms with Crippen molar-refractivity contribution in [2.75, 3.05) is 25.0 Å². The Kier molecular flexibility index (Phi) is 5.40. The van der Waals surface area contributed by atoms with E-state index in [2.05, 4.69) is 39.5 Å². The van der Waals surface area contributed by atoms with Crippen molar-refractivity contribution in [3.05, 3.63) is 47.0 Å². The van der Waals surface area contributed by atoms with Gasteiger partial charge < -0.3 is 10.2 Å². The van der Waals surface area contributed by atoms with Crippen molar-refractivity contribution in [3.8, 4) is 0 Å². The molecule has 3 rings (SSSR count). The molecule has 130 valence electrons. The highest BCUT2D eigenvalue weighted by Crippen LogP contribution is 2.32. The summed E-state index contributed by atoms with van der Waals surface area (Å²) in [5.41, 5.74) is 0.524. The van der Waals surface area contributed by atoms with Crippen molar-refractivity contribution in [2.45, 2.75) is 31.5 Å².